The molecular weight excluding hydrogens is 385 g/mol. The molecule has 0 bridgehead atoms. The molecule has 29 heavy (non-hydrogen) atoms. The smallest absolute Gasteiger partial charge is 0.143 e. The maximum absolute atomic E-state index is 13.4. The number of nitrogens with one attached hydrogen (secondary N) is 1. The normalized spacial score (nSPS) is 11.0. The summed E-state index contributed by atoms with van der Waals surface area (Å²) in [7, 11) is 0. The van der Waals surface area contributed by atoms with E-state index in [1.807, 2.05) is 24.3 Å². The zero-order valence-electron chi connectivity index (χ0n) is 16.4. The van der Waals surface area contributed by atoms with Crippen molar-refractivity contribution in [2.45, 2.75) is 26.7 Å². The maximum atomic E-state index is 13.4. The predicted octanol–water partition coefficient (Wildman–Crippen LogP) is 6.73. The molecule has 4 rings (SSSR count). The maximum Gasteiger partial charge on any atom is 0.143 e. The molecule has 0 aliphatic carbocycles. The first kappa shape index (κ1) is 19.3. The number of aryl methyl sites for hydroxylation is 1. The minimum atomic E-state index is -0.248. The Kier molecular flexibility index (Phi) is 5.71. The number of benzene rings is 2. The number of hydrogen-bond acceptors (Lipinski definition) is 5. The third-order valence-corrected chi connectivity index (χ3v) is 5.69. The first-order valence-corrected chi connectivity index (χ1v) is 10.5. The van der Waals surface area contributed by atoms with Crippen molar-refractivity contribution in [2.24, 2.45) is 0 Å². The van der Waals surface area contributed by atoms with Crippen molar-refractivity contribution in [1.82, 2.24) is 9.97 Å². The number of thiophene rings is 1. The summed E-state index contributed by atoms with van der Waals surface area (Å²) in [6.07, 6.45) is 3.72. The lowest BCUT2D eigenvalue weighted by Crippen LogP contribution is -1.98. The van der Waals surface area contributed by atoms with Crippen molar-refractivity contribution in [2.75, 3.05) is 11.9 Å². The van der Waals surface area contributed by atoms with E-state index in [4.69, 9.17) is 4.74 Å². The number of fused-ring (bicyclic) bond motifs is 1. The molecule has 0 fully saturated rings. The van der Waals surface area contributed by atoms with Gasteiger partial charge in [0.15, 0.2) is 0 Å². The van der Waals surface area contributed by atoms with Crippen molar-refractivity contribution in [3.05, 3.63) is 65.6 Å². The lowest BCUT2D eigenvalue weighted by atomic mass is 10.0. The number of rotatable bonds is 7. The van der Waals surface area contributed by atoms with Gasteiger partial charge >= 0.3 is 0 Å². The number of unbranched alkanes of at least 4 members (excludes halogenated alkanes) is 1. The third kappa shape index (κ3) is 4.22. The summed E-state index contributed by atoms with van der Waals surface area (Å²) in [6, 6.07) is 14.4. The monoisotopic (exact) mass is 407 g/mol. The molecule has 2 heterocycles. The molecule has 4 aromatic rings. The summed E-state index contributed by atoms with van der Waals surface area (Å²) < 4.78 is 19.1. The molecule has 1 N–H and O–H groups in total. The Hall–Kier alpha value is -2.99. The molecule has 0 unspecified atom stereocenters. The highest BCUT2D eigenvalue weighted by Crippen LogP contribution is 2.41. The van der Waals surface area contributed by atoms with E-state index < -0.39 is 0 Å². The highest BCUT2D eigenvalue weighted by Gasteiger charge is 2.17. The number of anilines is 2. The van der Waals surface area contributed by atoms with Gasteiger partial charge in [-0.05, 0) is 55.3 Å². The second-order valence-corrected chi connectivity index (χ2v) is 8.00. The van der Waals surface area contributed by atoms with Gasteiger partial charge < -0.3 is 10.1 Å². The van der Waals surface area contributed by atoms with Gasteiger partial charge in [0.25, 0.3) is 0 Å². The van der Waals surface area contributed by atoms with E-state index in [0.29, 0.717) is 0 Å². The van der Waals surface area contributed by atoms with Crippen LogP contribution in [-0.2, 0) is 0 Å². The fraction of sp³-hybridized carbons (Fsp3) is 0.217. The molecule has 0 atom stereocenters. The molecule has 2 aromatic heterocycles. The third-order valence-electron chi connectivity index (χ3n) is 4.68. The van der Waals surface area contributed by atoms with Crippen LogP contribution in [0.3, 0.4) is 0 Å². The number of halogens is 1. The quantitative estimate of drug-likeness (QED) is 0.345. The molecular formula is C23H22FN3OS. The highest BCUT2D eigenvalue weighted by molar-refractivity contribution is 7.19. The summed E-state index contributed by atoms with van der Waals surface area (Å²) in [6.45, 7) is 4.92. The topological polar surface area (TPSA) is 47.0 Å². The number of hydrogen-bond donors (Lipinski definition) is 1. The van der Waals surface area contributed by atoms with Crippen molar-refractivity contribution >= 4 is 33.1 Å². The molecule has 2 aromatic carbocycles. The molecule has 0 radical (unpaired) electrons. The summed E-state index contributed by atoms with van der Waals surface area (Å²) in [4.78, 5) is 10.9. The number of aromatic nitrogens is 2. The summed E-state index contributed by atoms with van der Waals surface area (Å²) in [5.41, 5.74) is 2.90. The van der Waals surface area contributed by atoms with E-state index in [-0.39, 0.29) is 5.82 Å². The van der Waals surface area contributed by atoms with Gasteiger partial charge in [-0.2, -0.15) is 0 Å². The lowest BCUT2D eigenvalue weighted by Gasteiger charge is -2.10. The van der Waals surface area contributed by atoms with E-state index in [9.17, 15) is 4.39 Å². The minimum absolute atomic E-state index is 0.248. The number of ether oxygens (including phenoxy) is 1. The largest absolute Gasteiger partial charge is 0.494 e. The Bertz CT molecular complexity index is 1110. The molecule has 0 saturated carbocycles. The van der Waals surface area contributed by atoms with Crippen LogP contribution < -0.4 is 10.1 Å². The highest BCUT2D eigenvalue weighted by atomic mass is 32.1. The number of nitrogens with zero attached hydrogens (tertiary/aromatic N) is 2. The van der Waals surface area contributed by atoms with Crippen molar-refractivity contribution in [3.63, 3.8) is 0 Å². The molecule has 0 aliphatic heterocycles. The first-order chi connectivity index (χ1) is 14.2. The molecule has 0 amide bonds. The summed E-state index contributed by atoms with van der Waals surface area (Å²) >= 11 is 1.61. The van der Waals surface area contributed by atoms with Crippen LogP contribution in [0.15, 0.2) is 54.9 Å². The van der Waals surface area contributed by atoms with Crippen LogP contribution in [-0.4, -0.2) is 16.6 Å². The fourth-order valence-electron chi connectivity index (χ4n) is 3.21. The Morgan fingerprint density at radius 2 is 1.79 bits per heavy atom. The Morgan fingerprint density at radius 3 is 2.52 bits per heavy atom. The van der Waals surface area contributed by atoms with Crippen LogP contribution in [0.4, 0.5) is 15.9 Å². The van der Waals surface area contributed by atoms with Crippen LogP contribution in [0.5, 0.6) is 5.75 Å². The van der Waals surface area contributed by atoms with E-state index in [1.54, 1.807) is 29.8 Å². The molecule has 6 heteroatoms. The van der Waals surface area contributed by atoms with Gasteiger partial charge in [0.1, 0.15) is 28.5 Å². The molecule has 4 nitrogen and oxygen atoms in total. The van der Waals surface area contributed by atoms with E-state index in [0.717, 1.165) is 62.9 Å². The fourth-order valence-corrected chi connectivity index (χ4v) is 4.22. The average molecular weight is 408 g/mol. The standard InChI is InChI=1S/C23H22FN3OS/c1-3-4-13-28-19-11-9-18(10-12-19)27-22-21-20(16-5-7-17(24)8-6-16)15(2)29-23(21)26-14-25-22/h5-12,14H,3-4,13H2,1-2H3,(H,25,26,27). The summed E-state index contributed by atoms with van der Waals surface area (Å²) in [5, 5.41) is 4.35. The SMILES string of the molecule is CCCCOc1ccc(Nc2ncnc3sc(C)c(-c4ccc(F)cc4)c23)cc1. The molecule has 0 saturated heterocycles. The molecule has 148 valence electrons. The first-order valence-electron chi connectivity index (χ1n) is 9.65. The van der Waals surface area contributed by atoms with Crippen molar-refractivity contribution in [3.8, 4) is 16.9 Å². The van der Waals surface area contributed by atoms with Crippen LogP contribution in [0, 0.1) is 12.7 Å². The summed E-state index contributed by atoms with van der Waals surface area (Å²) in [5.74, 6) is 1.34. The van der Waals surface area contributed by atoms with Crippen LogP contribution in [0.25, 0.3) is 21.3 Å². The predicted molar refractivity (Wildman–Crippen MR) is 118 cm³/mol. The van der Waals surface area contributed by atoms with Gasteiger partial charge in [-0.1, -0.05) is 25.5 Å². The average Bonchev–Trinajstić information content (AvgIpc) is 3.07. The zero-order chi connectivity index (χ0) is 20.2. The van der Waals surface area contributed by atoms with Crippen LogP contribution in [0.1, 0.15) is 24.6 Å². The van der Waals surface area contributed by atoms with Crippen LogP contribution in [0.2, 0.25) is 0 Å². The van der Waals surface area contributed by atoms with E-state index >= 15 is 0 Å². The molecule has 0 aliphatic rings. The van der Waals surface area contributed by atoms with Crippen molar-refractivity contribution in [1.29, 1.82) is 0 Å². The Balaban J connectivity index is 1.67. The van der Waals surface area contributed by atoms with Gasteiger partial charge in [0, 0.05) is 16.1 Å². The van der Waals surface area contributed by atoms with Gasteiger partial charge in [-0.25, -0.2) is 14.4 Å². The van der Waals surface area contributed by atoms with E-state index in [2.05, 4.69) is 29.1 Å². The lowest BCUT2D eigenvalue weighted by molar-refractivity contribution is 0.309. The van der Waals surface area contributed by atoms with Gasteiger partial charge in [0.2, 0.25) is 0 Å². The van der Waals surface area contributed by atoms with E-state index in [1.165, 1.54) is 12.1 Å². The zero-order valence-corrected chi connectivity index (χ0v) is 17.2. The second-order valence-electron chi connectivity index (χ2n) is 6.79. The van der Waals surface area contributed by atoms with Crippen molar-refractivity contribution < 1.29 is 9.13 Å². The van der Waals surface area contributed by atoms with Crippen LogP contribution >= 0.6 is 11.3 Å². The van der Waals surface area contributed by atoms with Gasteiger partial charge in [0.05, 0.1) is 12.0 Å². The van der Waals surface area contributed by atoms with Gasteiger partial charge in [-0.15, -0.1) is 11.3 Å². The van der Waals surface area contributed by atoms with Gasteiger partial charge in [-0.3, -0.25) is 0 Å². The Labute approximate surface area is 173 Å². The Morgan fingerprint density at radius 1 is 1.03 bits per heavy atom. The minimum Gasteiger partial charge on any atom is -0.494 e. The molecule has 0 spiro atoms. The second kappa shape index (κ2) is 8.57.